The number of hydrogen-bond acceptors (Lipinski definition) is 3. The van der Waals surface area contributed by atoms with Crippen molar-refractivity contribution in [2.45, 2.75) is 57.4 Å². The molecule has 2 aliphatic heterocycles. The van der Waals surface area contributed by atoms with Gasteiger partial charge in [0.15, 0.2) is 0 Å². The van der Waals surface area contributed by atoms with Gasteiger partial charge in [0.1, 0.15) is 10.6 Å². The van der Waals surface area contributed by atoms with Gasteiger partial charge in [-0.05, 0) is 50.1 Å². The van der Waals surface area contributed by atoms with Crippen LogP contribution in [-0.4, -0.2) is 51.7 Å². The fourth-order valence-corrected chi connectivity index (χ4v) is 5.46. The molecule has 7 nitrogen and oxygen atoms in total. The van der Waals surface area contributed by atoms with Crippen LogP contribution in [-0.2, 0) is 23.3 Å². The summed E-state index contributed by atoms with van der Waals surface area (Å²) in [6, 6.07) is 12.4. The number of carbonyl (C=O) groups excluding carboxylic acids is 2. The molecule has 3 aromatic rings. The highest BCUT2D eigenvalue weighted by Crippen LogP contribution is 2.48. The Kier molecular flexibility index (Phi) is 6.34. The molecule has 0 unspecified atom stereocenters. The van der Waals surface area contributed by atoms with E-state index in [1.807, 2.05) is 38.1 Å². The van der Waals surface area contributed by atoms with Gasteiger partial charge in [-0.15, -0.1) is 0 Å². The summed E-state index contributed by atoms with van der Waals surface area (Å²) in [6.45, 7) is 4.57. The number of aromatic nitrogens is 2. The molecule has 3 amide bonds. The summed E-state index contributed by atoms with van der Waals surface area (Å²) in [7, 11) is 0. The number of alkyl halides is 3. The van der Waals surface area contributed by atoms with Gasteiger partial charge < -0.3 is 19.7 Å². The van der Waals surface area contributed by atoms with Gasteiger partial charge in [-0.25, -0.2) is 9.78 Å². The number of pyridine rings is 1. The molecule has 0 radical (unpaired) electrons. The summed E-state index contributed by atoms with van der Waals surface area (Å²) in [5, 5.41) is 3.14. The molecule has 2 aliphatic rings. The van der Waals surface area contributed by atoms with Crippen molar-refractivity contribution < 1.29 is 22.8 Å². The lowest BCUT2D eigenvalue weighted by Gasteiger charge is -2.46. The molecule has 5 rings (SSSR count). The van der Waals surface area contributed by atoms with Crippen LogP contribution in [0.2, 0.25) is 5.15 Å². The molecule has 4 heterocycles. The predicted octanol–water partition coefficient (Wildman–Crippen LogP) is 5.25. The first-order valence-electron chi connectivity index (χ1n) is 12.2. The van der Waals surface area contributed by atoms with Crippen molar-refractivity contribution in [1.82, 2.24) is 19.8 Å². The van der Waals surface area contributed by atoms with Crippen LogP contribution in [0, 0.1) is 0 Å². The first-order chi connectivity index (χ1) is 17.5. The quantitative estimate of drug-likeness (QED) is 0.440. The minimum absolute atomic E-state index is 0.0199. The third-order valence-corrected chi connectivity index (χ3v) is 7.17. The van der Waals surface area contributed by atoms with E-state index in [1.54, 1.807) is 32.6 Å². The van der Waals surface area contributed by atoms with E-state index in [0.29, 0.717) is 16.7 Å². The van der Waals surface area contributed by atoms with E-state index >= 15 is 0 Å². The molecule has 1 saturated heterocycles. The van der Waals surface area contributed by atoms with Gasteiger partial charge in [0, 0.05) is 43.5 Å². The van der Waals surface area contributed by atoms with Crippen molar-refractivity contribution in [1.29, 1.82) is 0 Å². The van der Waals surface area contributed by atoms with Gasteiger partial charge in [0.2, 0.25) is 5.91 Å². The lowest BCUT2D eigenvalue weighted by molar-refractivity contribution is -0.135. The molecule has 11 heteroatoms. The SMILES string of the molecule is CC(C)NC(=O)N1CC2(C1)C(=O)N(Cc1cc3nc(Cl)ccc3n1CCCC(F)(F)F)c1ccccc12. The fraction of sp³-hybridized carbons (Fsp3) is 0.423. The van der Waals surface area contributed by atoms with Crippen molar-refractivity contribution in [2.75, 3.05) is 18.0 Å². The van der Waals surface area contributed by atoms with Gasteiger partial charge in [-0.1, -0.05) is 29.8 Å². The standard InChI is InChI=1S/C26H27ClF3N5O2/c1-16(2)31-24(37)33-14-25(15-33)18-6-3-4-7-20(18)35(23(25)36)13-17-12-19-21(8-9-22(27)32-19)34(17)11-5-10-26(28,29)30/h3-4,6-9,12,16H,5,10-11,13-15H2,1-2H3,(H,31,37). The van der Waals surface area contributed by atoms with Crippen LogP contribution in [0.4, 0.5) is 23.7 Å². The average Bonchev–Trinajstić information content (AvgIpc) is 3.23. The Morgan fingerprint density at radius 1 is 1.19 bits per heavy atom. The average molecular weight is 534 g/mol. The van der Waals surface area contributed by atoms with E-state index in [0.717, 1.165) is 11.3 Å². The lowest BCUT2D eigenvalue weighted by Crippen LogP contribution is -2.67. The van der Waals surface area contributed by atoms with Gasteiger partial charge in [-0.2, -0.15) is 13.2 Å². The van der Waals surface area contributed by atoms with E-state index < -0.39 is 18.0 Å². The second-order valence-electron chi connectivity index (χ2n) is 10.00. The van der Waals surface area contributed by atoms with Crippen LogP contribution < -0.4 is 10.2 Å². The molecule has 37 heavy (non-hydrogen) atoms. The summed E-state index contributed by atoms with van der Waals surface area (Å²) in [4.78, 5) is 34.0. The number of amides is 3. The van der Waals surface area contributed by atoms with E-state index in [4.69, 9.17) is 11.6 Å². The summed E-state index contributed by atoms with van der Waals surface area (Å²) < 4.78 is 40.4. The summed E-state index contributed by atoms with van der Waals surface area (Å²) >= 11 is 6.07. The maximum absolute atomic E-state index is 13.9. The lowest BCUT2D eigenvalue weighted by atomic mass is 9.75. The summed E-state index contributed by atoms with van der Waals surface area (Å²) in [5.74, 6) is -0.125. The molecule has 0 atom stereocenters. The number of rotatable bonds is 6. The van der Waals surface area contributed by atoms with Crippen LogP contribution in [0.15, 0.2) is 42.5 Å². The van der Waals surface area contributed by atoms with Crippen molar-refractivity contribution in [3.63, 3.8) is 0 Å². The topological polar surface area (TPSA) is 70.5 Å². The van der Waals surface area contributed by atoms with Crippen LogP contribution in [0.3, 0.4) is 0 Å². The van der Waals surface area contributed by atoms with Crippen LogP contribution in [0.5, 0.6) is 0 Å². The van der Waals surface area contributed by atoms with Crippen molar-refractivity contribution in [3.05, 3.63) is 58.9 Å². The van der Waals surface area contributed by atoms with Gasteiger partial charge in [0.25, 0.3) is 0 Å². The van der Waals surface area contributed by atoms with Gasteiger partial charge in [0.05, 0.1) is 17.6 Å². The smallest absolute Gasteiger partial charge is 0.342 e. The van der Waals surface area contributed by atoms with Crippen molar-refractivity contribution in [3.8, 4) is 0 Å². The zero-order valence-corrected chi connectivity index (χ0v) is 21.2. The van der Waals surface area contributed by atoms with Crippen LogP contribution in [0.25, 0.3) is 11.0 Å². The molecule has 1 fully saturated rings. The highest BCUT2D eigenvalue weighted by molar-refractivity contribution is 6.29. The molecule has 0 saturated carbocycles. The predicted molar refractivity (Wildman–Crippen MR) is 135 cm³/mol. The molecular formula is C26H27ClF3N5O2. The number of nitrogens with one attached hydrogen (secondary N) is 1. The second-order valence-corrected chi connectivity index (χ2v) is 10.4. The number of urea groups is 1. The Balaban J connectivity index is 1.45. The number of aryl methyl sites for hydroxylation is 1. The Hall–Kier alpha value is -3.27. The number of halogens is 4. The van der Waals surface area contributed by atoms with E-state index in [9.17, 15) is 22.8 Å². The Bertz CT molecular complexity index is 1360. The minimum Gasteiger partial charge on any atom is -0.342 e. The molecule has 1 N–H and O–H groups in total. The molecule has 0 bridgehead atoms. The van der Waals surface area contributed by atoms with E-state index in [2.05, 4.69) is 10.3 Å². The van der Waals surface area contributed by atoms with Crippen LogP contribution in [0.1, 0.15) is 37.9 Å². The van der Waals surface area contributed by atoms with Gasteiger partial charge >= 0.3 is 12.2 Å². The Morgan fingerprint density at radius 3 is 2.62 bits per heavy atom. The van der Waals surface area contributed by atoms with Gasteiger partial charge in [-0.3, -0.25) is 4.79 Å². The highest BCUT2D eigenvalue weighted by atomic mass is 35.5. The minimum atomic E-state index is -4.25. The third-order valence-electron chi connectivity index (χ3n) is 6.96. The molecule has 1 spiro atoms. The molecule has 196 valence electrons. The normalized spacial score (nSPS) is 16.6. The largest absolute Gasteiger partial charge is 0.389 e. The van der Waals surface area contributed by atoms with Crippen LogP contribution >= 0.6 is 11.6 Å². The number of para-hydroxylation sites is 1. The number of nitrogens with zero attached hydrogens (tertiary/aromatic N) is 4. The first-order valence-corrected chi connectivity index (χ1v) is 12.5. The zero-order chi connectivity index (χ0) is 26.5. The molecule has 2 aromatic heterocycles. The van der Waals surface area contributed by atoms with E-state index in [1.165, 1.54) is 0 Å². The first kappa shape index (κ1) is 25.4. The number of hydrogen-bond donors (Lipinski definition) is 1. The monoisotopic (exact) mass is 533 g/mol. The Labute approximate surface area is 217 Å². The summed E-state index contributed by atoms with van der Waals surface area (Å²) in [5.41, 5.74) is 2.66. The number of fused-ring (bicyclic) bond motifs is 3. The Morgan fingerprint density at radius 2 is 1.92 bits per heavy atom. The third kappa shape index (κ3) is 4.63. The number of benzene rings is 1. The second kappa shape index (κ2) is 9.24. The fourth-order valence-electron chi connectivity index (χ4n) is 5.31. The highest BCUT2D eigenvalue weighted by Gasteiger charge is 2.59. The van der Waals surface area contributed by atoms with Crippen molar-refractivity contribution in [2.24, 2.45) is 0 Å². The molecule has 1 aromatic carbocycles. The number of likely N-dealkylation sites (tertiary alicyclic amines) is 1. The zero-order valence-electron chi connectivity index (χ0n) is 20.5. The maximum atomic E-state index is 13.9. The molecular weight excluding hydrogens is 507 g/mol. The number of carbonyl (C=O) groups is 2. The summed E-state index contributed by atoms with van der Waals surface area (Å²) in [6.07, 6.45) is -5.26. The maximum Gasteiger partial charge on any atom is 0.389 e. The molecule has 0 aliphatic carbocycles. The van der Waals surface area contributed by atoms with E-state index in [-0.39, 0.29) is 55.7 Å². The number of anilines is 1. The van der Waals surface area contributed by atoms with Crippen molar-refractivity contribution >= 4 is 40.3 Å².